The Bertz CT molecular complexity index is 624. The van der Waals surface area contributed by atoms with Gasteiger partial charge < -0.3 is 10.6 Å². The van der Waals surface area contributed by atoms with Gasteiger partial charge in [-0.1, -0.05) is 40.2 Å². The van der Waals surface area contributed by atoms with Gasteiger partial charge in [-0.15, -0.1) is 0 Å². The van der Waals surface area contributed by atoms with E-state index in [1.807, 2.05) is 0 Å². The van der Waals surface area contributed by atoms with Crippen LogP contribution in [-0.2, 0) is 13.0 Å². The van der Waals surface area contributed by atoms with Gasteiger partial charge in [-0.25, -0.2) is 0 Å². The van der Waals surface area contributed by atoms with Crippen molar-refractivity contribution < 1.29 is 0 Å². The zero-order valence-corrected chi connectivity index (χ0v) is 13.2. The van der Waals surface area contributed by atoms with E-state index in [2.05, 4.69) is 70.2 Å². The van der Waals surface area contributed by atoms with Crippen LogP contribution >= 0.6 is 15.9 Å². The molecule has 20 heavy (non-hydrogen) atoms. The SMILES string of the molecule is CC1CCc2ccccc2N1c1cccc(Br)c1CN. The minimum absolute atomic E-state index is 0.490. The summed E-state index contributed by atoms with van der Waals surface area (Å²) in [4.78, 5) is 2.44. The molecule has 3 heteroatoms. The lowest BCUT2D eigenvalue weighted by molar-refractivity contribution is 0.616. The zero-order valence-electron chi connectivity index (χ0n) is 11.6. The molecule has 0 aromatic heterocycles. The summed E-state index contributed by atoms with van der Waals surface area (Å²) in [5, 5.41) is 0. The predicted molar refractivity (Wildman–Crippen MR) is 88.4 cm³/mol. The van der Waals surface area contributed by atoms with E-state index in [1.54, 1.807) is 0 Å². The third kappa shape index (κ3) is 2.25. The summed E-state index contributed by atoms with van der Waals surface area (Å²) >= 11 is 3.63. The van der Waals surface area contributed by atoms with Crippen molar-refractivity contribution in [3.63, 3.8) is 0 Å². The lowest BCUT2D eigenvalue weighted by Gasteiger charge is -2.38. The third-order valence-electron chi connectivity index (χ3n) is 4.08. The Morgan fingerprint density at radius 3 is 2.70 bits per heavy atom. The van der Waals surface area contributed by atoms with Crippen molar-refractivity contribution in [2.75, 3.05) is 4.90 Å². The first-order valence-electron chi connectivity index (χ1n) is 7.07. The minimum Gasteiger partial charge on any atom is -0.338 e. The van der Waals surface area contributed by atoms with Crippen LogP contribution < -0.4 is 10.6 Å². The molecule has 1 aliphatic heterocycles. The highest BCUT2D eigenvalue weighted by molar-refractivity contribution is 9.10. The Balaban J connectivity index is 2.17. The largest absolute Gasteiger partial charge is 0.338 e. The van der Waals surface area contributed by atoms with Gasteiger partial charge in [0.15, 0.2) is 0 Å². The van der Waals surface area contributed by atoms with Crippen LogP contribution in [0.5, 0.6) is 0 Å². The first kappa shape index (κ1) is 13.7. The highest BCUT2D eigenvalue weighted by Gasteiger charge is 2.25. The Kier molecular flexibility index (Phi) is 3.81. The standard InChI is InChI=1S/C17H19BrN2/c1-12-9-10-13-5-2-3-7-16(13)20(12)17-8-4-6-15(18)14(17)11-19/h2-8,12H,9-11,19H2,1H3. The number of benzene rings is 2. The summed E-state index contributed by atoms with van der Waals surface area (Å²) in [6.45, 7) is 2.83. The van der Waals surface area contributed by atoms with Crippen LogP contribution in [0.1, 0.15) is 24.5 Å². The van der Waals surface area contributed by atoms with Gasteiger partial charge >= 0.3 is 0 Å². The second kappa shape index (κ2) is 5.58. The molecule has 1 aliphatic rings. The van der Waals surface area contributed by atoms with Gasteiger partial charge in [-0.05, 0) is 43.5 Å². The molecule has 0 bridgehead atoms. The number of hydrogen-bond donors (Lipinski definition) is 1. The fourth-order valence-electron chi connectivity index (χ4n) is 3.03. The van der Waals surface area contributed by atoms with Crippen LogP contribution in [0, 0.1) is 0 Å². The van der Waals surface area contributed by atoms with Gasteiger partial charge in [0.2, 0.25) is 0 Å². The van der Waals surface area contributed by atoms with Crippen molar-refractivity contribution in [1.82, 2.24) is 0 Å². The average Bonchev–Trinajstić information content (AvgIpc) is 2.47. The molecule has 0 saturated heterocycles. The molecule has 1 atom stereocenters. The average molecular weight is 331 g/mol. The van der Waals surface area contributed by atoms with E-state index in [0.717, 1.165) is 10.9 Å². The first-order chi connectivity index (χ1) is 9.72. The number of nitrogens with zero attached hydrogens (tertiary/aromatic N) is 1. The summed E-state index contributed by atoms with van der Waals surface area (Å²) in [7, 11) is 0. The van der Waals surface area contributed by atoms with E-state index in [4.69, 9.17) is 5.73 Å². The molecule has 0 saturated carbocycles. The first-order valence-corrected chi connectivity index (χ1v) is 7.86. The smallest absolute Gasteiger partial charge is 0.0470 e. The maximum absolute atomic E-state index is 5.97. The summed E-state index contributed by atoms with van der Waals surface area (Å²) in [6, 6.07) is 15.5. The number of para-hydroxylation sites is 1. The zero-order chi connectivity index (χ0) is 14.1. The quantitative estimate of drug-likeness (QED) is 0.885. The van der Waals surface area contributed by atoms with Crippen LogP contribution in [0.2, 0.25) is 0 Å². The van der Waals surface area contributed by atoms with E-state index in [-0.39, 0.29) is 0 Å². The van der Waals surface area contributed by atoms with Crippen molar-refractivity contribution in [2.24, 2.45) is 5.73 Å². The normalized spacial score (nSPS) is 17.9. The van der Waals surface area contributed by atoms with Gasteiger partial charge in [0, 0.05) is 34.0 Å². The molecule has 2 nitrogen and oxygen atoms in total. The molecular formula is C17H19BrN2. The lowest BCUT2D eigenvalue weighted by Crippen LogP contribution is -2.34. The molecular weight excluding hydrogens is 312 g/mol. The van der Waals surface area contributed by atoms with E-state index in [1.165, 1.54) is 28.9 Å². The number of halogens is 1. The van der Waals surface area contributed by atoms with Gasteiger partial charge in [-0.2, -0.15) is 0 Å². The molecule has 1 heterocycles. The maximum atomic E-state index is 5.97. The van der Waals surface area contributed by atoms with Gasteiger partial charge in [-0.3, -0.25) is 0 Å². The molecule has 104 valence electrons. The second-order valence-corrected chi connectivity index (χ2v) is 6.18. The Morgan fingerprint density at radius 2 is 1.90 bits per heavy atom. The van der Waals surface area contributed by atoms with E-state index in [0.29, 0.717) is 12.6 Å². The summed E-state index contributed by atoms with van der Waals surface area (Å²) in [6.07, 6.45) is 2.33. The molecule has 2 aromatic carbocycles. The van der Waals surface area contributed by atoms with E-state index < -0.39 is 0 Å². The Hall–Kier alpha value is -1.32. The van der Waals surface area contributed by atoms with Crippen molar-refractivity contribution in [1.29, 1.82) is 0 Å². The molecule has 0 amide bonds. The maximum Gasteiger partial charge on any atom is 0.0470 e. The van der Waals surface area contributed by atoms with Crippen molar-refractivity contribution in [2.45, 2.75) is 32.4 Å². The van der Waals surface area contributed by atoms with Crippen molar-refractivity contribution in [3.8, 4) is 0 Å². The summed E-state index contributed by atoms with van der Waals surface area (Å²) in [5.74, 6) is 0. The van der Waals surface area contributed by atoms with Crippen LogP contribution in [0.15, 0.2) is 46.9 Å². The minimum atomic E-state index is 0.490. The fraction of sp³-hybridized carbons (Fsp3) is 0.294. The lowest BCUT2D eigenvalue weighted by atomic mass is 9.95. The second-order valence-electron chi connectivity index (χ2n) is 5.33. The predicted octanol–water partition coefficient (Wildman–Crippen LogP) is 4.38. The summed E-state index contributed by atoms with van der Waals surface area (Å²) < 4.78 is 1.09. The number of nitrogens with two attached hydrogens (primary N) is 1. The molecule has 1 unspecified atom stereocenters. The topological polar surface area (TPSA) is 29.3 Å². The van der Waals surface area contributed by atoms with Crippen molar-refractivity contribution >= 4 is 27.3 Å². The summed E-state index contributed by atoms with van der Waals surface area (Å²) in [5.41, 5.74) is 11.1. The molecule has 2 aromatic rings. The highest BCUT2D eigenvalue weighted by atomic mass is 79.9. The van der Waals surface area contributed by atoms with Gasteiger partial charge in [0.1, 0.15) is 0 Å². The molecule has 0 spiro atoms. The van der Waals surface area contributed by atoms with Crippen LogP contribution in [0.3, 0.4) is 0 Å². The van der Waals surface area contributed by atoms with Crippen LogP contribution in [0.4, 0.5) is 11.4 Å². The Morgan fingerprint density at radius 1 is 1.15 bits per heavy atom. The molecule has 2 N–H and O–H groups in total. The monoisotopic (exact) mass is 330 g/mol. The van der Waals surface area contributed by atoms with Gasteiger partial charge in [0.25, 0.3) is 0 Å². The molecule has 0 aliphatic carbocycles. The highest BCUT2D eigenvalue weighted by Crippen LogP contribution is 2.39. The molecule has 3 rings (SSSR count). The molecule has 0 fully saturated rings. The Labute approximate surface area is 128 Å². The van der Waals surface area contributed by atoms with Gasteiger partial charge in [0.05, 0.1) is 0 Å². The van der Waals surface area contributed by atoms with E-state index in [9.17, 15) is 0 Å². The number of hydrogen-bond acceptors (Lipinski definition) is 2. The number of aryl methyl sites for hydroxylation is 1. The molecule has 0 radical (unpaired) electrons. The number of rotatable bonds is 2. The van der Waals surface area contributed by atoms with Crippen LogP contribution in [-0.4, -0.2) is 6.04 Å². The van der Waals surface area contributed by atoms with Crippen molar-refractivity contribution in [3.05, 3.63) is 58.1 Å². The fourth-order valence-corrected chi connectivity index (χ4v) is 3.55. The number of fused-ring (bicyclic) bond motifs is 1. The van der Waals surface area contributed by atoms with E-state index >= 15 is 0 Å². The third-order valence-corrected chi connectivity index (χ3v) is 4.82. The number of anilines is 2. The van der Waals surface area contributed by atoms with Crippen LogP contribution in [0.25, 0.3) is 0 Å².